The minimum Gasteiger partial charge on any atom is -0.391 e. The lowest BCUT2D eigenvalue weighted by molar-refractivity contribution is -0.134. The van der Waals surface area contributed by atoms with E-state index in [9.17, 15) is 24.3 Å². The number of aliphatic hydroxyl groups excluding tert-OH is 1. The molecule has 0 aliphatic carbocycles. The zero-order chi connectivity index (χ0) is 21.1. The zero-order valence-corrected chi connectivity index (χ0v) is 17.1. The van der Waals surface area contributed by atoms with E-state index in [-0.39, 0.29) is 55.6 Å². The number of likely N-dealkylation sites (tertiary alicyclic amines) is 1. The summed E-state index contributed by atoms with van der Waals surface area (Å²) in [6.07, 6.45) is 1.58. The smallest absolute Gasteiger partial charge is 0.223 e. The second-order valence-corrected chi connectivity index (χ2v) is 7.08. The van der Waals surface area contributed by atoms with E-state index in [2.05, 4.69) is 16.0 Å². The highest BCUT2D eigenvalue weighted by Gasteiger charge is 2.32. The van der Waals surface area contributed by atoms with Crippen molar-refractivity contribution in [3.8, 4) is 0 Å². The highest BCUT2D eigenvalue weighted by Crippen LogP contribution is 2.21. The molecule has 0 bridgehead atoms. The van der Waals surface area contributed by atoms with Gasteiger partial charge in [-0.25, -0.2) is 0 Å². The van der Waals surface area contributed by atoms with E-state index in [1.165, 1.54) is 0 Å². The van der Waals surface area contributed by atoms with Crippen LogP contribution in [0.3, 0.4) is 0 Å². The van der Waals surface area contributed by atoms with Gasteiger partial charge >= 0.3 is 0 Å². The Kier molecular flexibility index (Phi) is 10.5. The molecule has 1 aliphatic rings. The number of nitrogens with zero attached hydrogens (tertiary/aromatic N) is 1. The van der Waals surface area contributed by atoms with Crippen LogP contribution in [0.15, 0.2) is 0 Å². The van der Waals surface area contributed by atoms with E-state index in [1.807, 2.05) is 6.92 Å². The molecule has 0 radical (unpaired) electrons. The molecule has 160 valence electrons. The molecular weight excluding hydrogens is 364 g/mol. The molecule has 9 nitrogen and oxygen atoms in total. The van der Waals surface area contributed by atoms with Crippen molar-refractivity contribution < 1.29 is 24.3 Å². The van der Waals surface area contributed by atoms with Gasteiger partial charge in [0.1, 0.15) is 0 Å². The first-order valence-corrected chi connectivity index (χ1v) is 10.1. The van der Waals surface area contributed by atoms with Crippen molar-refractivity contribution in [2.45, 2.75) is 77.5 Å². The lowest BCUT2D eigenvalue weighted by Gasteiger charge is -2.24. The first-order valence-electron chi connectivity index (χ1n) is 10.1. The molecule has 1 aliphatic heterocycles. The Labute approximate surface area is 166 Å². The number of aliphatic hydroxyl groups is 1. The first kappa shape index (κ1) is 23.9. The molecule has 4 N–H and O–H groups in total. The molecular formula is C19H34N4O5. The SMILES string of the molecule is CCC(=O)NCC(CNC(=O)CC)NC(=O)CCC(=O)N1C[C@H](O)C[C@H]1CC. The van der Waals surface area contributed by atoms with Gasteiger partial charge in [0, 0.05) is 51.4 Å². The zero-order valence-electron chi connectivity index (χ0n) is 17.1. The third-order valence-electron chi connectivity index (χ3n) is 4.85. The topological polar surface area (TPSA) is 128 Å². The van der Waals surface area contributed by atoms with Crippen LogP contribution < -0.4 is 16.0 Å². The number of hydrogen-bond donors (Lipinski definition) is 4. The van der Waals surface area contributed by atoms with Crippen molar-refractivity contribution in [3.63, 3.8) is 0 Å². The normalized spacial score (nSPS) is 18.8. The summed E-state index contributed by atoms with van der Waals surface area (Å²) in [5.41, 5.74) is 0. The van der Waals surface area contributed by atoms with Crippen LogP contribution >= 0.6 is 0 Å². The van der Waals surface area contributed by atoms with Gasteiger partial charge in [0.05, 0.1) is 12.1 Å². The average molecular weight is 399 g/mol. The summed E-state index contributed by atoms with van der Waals surface area (Å²) >= 11 is 0. The lowest BCUT2D eigenvalue weighted by Crippen LogP contribution is -2.50. The molecule has 1 rings (SSSR count). The maximum Gasteiger partial charge on any atom is 0.223 e. The van der Waals surface area contributed by atoms with Crippen LogP contribution in [0.4, 0.5) is 0 Å². The van der Waals surface area contributed by atoms with Crippen molar-refractivity contribution >= 4 is 23.6 Å². The monoisotopic (exact) mass is 398 g/mol. The molecule has 0 saturated carbocycles. The Hall–Kier alpha value is -2.16. The minimum atomic E-state index is -0.503. The van der Waals surface area contributed by atoms with E-state index in [4.69, 9.17) is 0 Å². The van der Waals surface area contributed by atoms with Crippen molar-refractivity contribution in [3.05, 3.63) is 0 Å². The number of rotatable bonds is 11. The molecule has 1 saturated heterocycles. The van der Waals surface area contributed by atoms with Crippen LogP contribution in [-0.4, -0.2) is 71.5 Å². The maximum atomic E-state index is 12.4. The third kappa shape index (κ3) is 8.24. The van der Waals surface area contributed by atoms with Crippen LogP contribution in [-0.2, 0) is 19.2 Å². The lowest BCUT2D eigenvalue weighted by atomic mass is 10.1. The largest absolute Gasteiger partial charge is 0.391 e. The third-order valence-corrected chi connectivity index (χ3v) is 4.85. The summed E-state index contributed by atoms with van der Waals surface area (Å²) in [7, 11) is 0. The minimum absolute atomic E-state index is 0.0157. The molecule has 1 heterocycles. The maximum absolute atomic E-state index is 12.4. The molecule has 9 heteroatoms. The van der Waals surface area contributed by atoms with Crippen LogP contribution in [0.2, 0.25) is 0 Å². The molecule has 0 aromatic carbocycles. The van der Waals surface area contributed by atoms with Crippen molar-refractivity contribution in [1.82, 2.24) is 20.9 Å². The van der Waals surface area contributed by atoms with Gasteiger partial charge in [-0.15, -0.1) is 0 Å². The number of carbonyl (C=O) groups is 4. The van der Waals surface area contributed by atoms with Crippen LogP contribution in [0.25, 0.3) is 0 Å². The molecule has 4 amide bonds. The second kappa shape index (κ2) is 12.3. The number of nitrogens with one attached hydrogen (secondary N) is 3. The number of amides is 4. The van der Waals surface area contributed by atoms with Gasteiger partial charge in [0.2, 0.25) is 23.6 Å². The fourth-order valence-corrected chi connectivity index (χ4v) is 3.15. The summed E-state index contributed by atoms with van der Waals surface area (Å²) in [5.74, 6) is -0.750. The summed E-state index contributed by atoms with van der Waals surface area (Å²) < 4.78 is 0. The number of β-amino-alcohol motifs (C(OH)–C–C–N with tert-alkyl or cyclic N) is 1. The van der Waals surface area contributed by atoms with Crippen LogP contribution in [0.5, 0.6) is 0 Å². The van der Waals surface area contributed by atoms with Gasteiger partial charge in [0.15, 0.2) is 0 Å². The van der Waals surface area contributed by atoms with E-state index < -0.39 is 12.1 Å². The Morgan fingerprint density at radius 3 is 2.04 bits per heavy atom. The molecule has 0 aromatic heterocycles. The Morgan fingerprint density at radius 2 is 1.54 bits per heavy atom. The van der Waals surface area contributed by atoms with E-state index in [1.54, 1.807) is 18.7 Å². The van der Waals surface area contributed by atoms with Gasteiger partial charge in [-0.1, -0.05) is 20.8 Å². The summed E-state index contributed by atoms with van der Waals surface area (Å²) in [6.45, 7) is 6.14. The summed E-state index contributed by atoms with van der Waals surface area (Å²) in [4.78, 5) is 49.2. The fourth-order valence-electron chi connectivity index (χ4n) is 3.15. The first-order chi connectivity index (χ1) is 13.3. The number of hydrogen-bond acceptors (Lipinski definition) is 5. The molecule has 2 atom stereocenters. The standard InChI is InChI=1S/C19H34N4O5/c1-4-14-9-15(24)12-23(14)19(28)8-7-18(27)22-13(10-20-16(25)5-2)11-21-17(26)6-3/h13-15,24H,4-12H2,1-3H3,(H,20,25)(H,21,26)(H,22,27)/t14-,15-/m1/s1. The van der Waals surface area contributed by atoms with Crippen molar-refractivity contribution in [2.24, 2.45) is 0 Å². The molecule has 28 heavy (non-hydrogen) atoms. The second-order valence-electron chi connectivity index (χ2n) is 7.08. The quantitative estimate of drug-likeness (QED) is 0.379. The van der Waals surface area contributed by atoms with Gasteiger partial charge in [-0.05, 0) is 12.8 Å². The van der Waals surface area contributed by atoms with E-state index >= 15 is 0 Å². The van der Waals surface area contributed by atoms with E-state index in [0.29, 0.717) is 25.8 Å². The van der Waals surface area contributed by atoms with Gasteiger partial charge < -0.3 is 26.0 Å². The molecule has 0 aromatic rings. The fraction of sp³-hybridized carbons (Fsp3) is 0.789. The Balaban J connectivity index is 2.50. The Morgan fingerprint density at radius 1 is 0.964 bits per heavy atom. The van der Waals surface area contributed by atoms with Gasteiger partial charge in [-0.2, -0.15) is 0 Å². The Bertz CT molecular complexity index is 534. The molecule has 1 fully saturated rings. The predicted octanol–water partition coefficient (Wildman–Crippen LogP) is -0.324. The summed E-state index contributed by atoms with van der Waals surface area (Å²) in [6, 6.07) is -0.433. The van der Waals surface area contributed by atoms with Crippen LogP contribution in [0.1, 0.15) is 59.3 Å². The molecule has 0 spiro atoms. The molecule has 0 unspecified atom stereocenters. The van der Waals surface area contributed by atoms with E-state index in [0.717, 1.165) is 6.42 Å². The predicted molar refractivity (Wildman–Crippen MR) is 104 cm³/mol. The van der Waals surface area contributed by atoms with Crippen molar-refractivity contribution in [2.75, 3.05) is 19.6 Å². The van der Waals surface area contributed by atoms with Crippen LogP contribution in [0, 0.1) is 0 Å². The van der Waals surface area contributed by atoms with Gasteiger partial charge in [0.25, 0.3) is 0 Å². The highest BCUT2D eigenvalue weighted by atomic mass is 16.3. The van der Waals surface area contributed by atoms with Gasteiger partial charge in [-0.3, -0.25) is 19.2 Å². The highest BCUT2D eigenvalue weighted by molar-refractivity contribution is 5.84. The average Bonchev–Trinajstić information content (AvgIpc) is 3.08. The summed E-state index contributed by atoms with van der Waals surface area (Å²) in [5, 5.41) is 17.9. The van der Waals surface area contributed by atoms with Crippen molar-refractivity contribution in [1.29, 1.82) is 0 Å². The number of carbonyl (C=O) groups excluding carboxylic acids is 4.